The van der Waals surface area contributed by atoms with Crippen molar-refractivity contribution in [2.75, 3.05) is 11.1 Å². The van der Waals surface area contributed by atoms with Crippen LogP contribution in [0, 0.1) is 3.57 Å². The van der Waals surface area contributed by atoms with Crippen molar-refractivity contribution in [2.24, 2.45) is 0 Å². The molecule has 0 saturated carbocycles. The summed E-state index contributed by atoms with van der Waals surface area (Å²) >= 11 is 2.31. The monoisotopic (exact) mass is 304 g/mol. The van der Waals surface area contributed by atoms with Gasteiger partial charge in [-0.1, -0.05) is 13.8 Å². The second kappa shape index (κ2) is 5.44. The van der Waals surface area contributed by atoms with Crippen molar-refractivity contribution in [2.45, 2.75) is 32.7 Å². The zero-order valence-electron chi connectivity index (χ0n) is 8.68. The van der Waals surface area contributed by atoms with E-state index in [1.165, 1.54) is 9.26 Å². The lowest BCUT2D eigenvalue weighted by Gasteiger charge is -2.17. The standard InChI is InChI=1S/C11H17IN2/c1-3-9(4-2)14-11-6-5-8(13)7-10(11)12/h5-7,9,14H,3-4,13H2,1-2H3. The lowest BCUT2D eigenvalue weighted by Crippen LogP contribution is -2.17. The number of benzene rings is 1. The van der Waals surface area contributed by atoms with Gasteiger partial charge in [0.15, 0.2) is 0 Å². The van der Waals surface area contributed by atoms with Crippen LogP contribution in [0.1, 0.15) is 26.7 Å². The van der Waals surface area contributed by atoms with Gasteiger partial charge in [-0.05, 0) is 53.6 Å². The smallest absolute Gasteiger partial charge is 0.0479 e. The van der Waals surface area contributed by atoms with Crippen LogP contribution in [0.15, 0.2) is 18.2 Å². The summed E-state index contributed by atoms with van der Waals surface area (Å²) in [4.78, 5) is 0. The Bertz CT molecular complexity index is 295. The molecule has 3 N–H and O–H groups in total. The van der Waals surface area contributed by atoms with Crippen molar-refractivity contribution in [3.63, 3.8) is 0 Å². The normalized spacial score (nSPS) is 10.6. The molecule has 0 aliphatic rings. The first-order valence-corrected chi connectivity index (χ1v) is 6.06. The SMILES string of the molecule is CCC(CC)Nc1ccc(N)cc1I. The van der Waals surface area contributed by atoms with Gasteiger partial charge in [-0.15, -0.1) is 0 Å². The number of nitrogens with one attached hydrogen (secondary N) is 1. The molecule has 78 valence electrons. The van der Waals surface area contributed by atoms with Gasteiger partial charge in [0.05, 0.1) is 0 Å². The van der Waals surface area contributed by atoms with Gasteiger partial charge < -0.3 is 11.1 Å². The molecule has 2 nitrogen and oxygen atoms in total. The maximum absolute atomic E-state index is 5.69. The molecule has 0 aromatic heterocycles. The van der Waals surface area contributed by atoms with Gasteiger partial charge in [0.25, 0.3) is 0 Å². The summed E-state index contributed by atoms with van der Waals surface area (Å²) in [5.74, 6) is 0. The van der Waals surface area contributed by atoms with E-state index >= 15 is 0 Å². The third kappa shape index (κ3) is 3.04. The summed E-state index contributed by atoms with van der Waals surface area (Å²) < 4.78 is 1.19. The third-order valence-corrected chi connectivity index (χ3v) is 3.23. The van der Waals surface area contributed by atoms with Crippen LogP contribution in [-0.4, -0.2) is 6.04 Å². The van der Waals surface area contributed by atoms with E-state index in [1.807, 2.05) is 12.1 Å². The Morgan fingerprint density at radius 3 is 2.50 bits per heavy atom. The minimum atomic E-state index is 0.562. The summed E-state index contributed by atoms with van der Waals surface area (Å²) in [6.45, 7) is 4.40. The number of anilines is 2. The van der Waals surface area contributed by atoms with Crippen molar-refractivity contribution in [3.8, 4) is 0 Å². The van der Waals surface area contributed by atoms with Crippen molar-refractivity contribution in [3.05, 3.63) is 21.8 Å². The van der Waals surface area contributed by atoms with Crippen LogP contribution in [0.4, 0.5) is 11.4 Å². The molecule has 0 bridgehead atoms. The van der Waals surface area contributed by atoms with Crippen LogP contribution in [0.2, 0.25) is 0 Å². The van der Waals surface area contributed by atoms with E-state index in [-0.39, 0.29) is 0 Å². The average Bonchev–Trinajstić information content (AvgIpc) is 2.17. The molecule has 0 saturated heterocycles. The van der Waals surface area contributed by atoms with Crippen LogP contribution in [-0.2, 0) is 0 Å². The molecule has 1 aromatic rings. The fourth-order valence-electron chi connectivity index (χ4n) is 1.36. The molecule has 1 aromatic carbocycles. The molecule has 0 amide bonds. The van der Waals surface area contributed by atoms with Crippen LogP contribution in [0.25, 0.3) is 0 Å². The minimum Gasteiger partial charge on any atom is -0.399 e. The highest BCUT2D eigenvalue weighted by Gasteiger charge is 2.05. The first kappa shape index (κ1) is 11.6. The van der Waals surface area contributed by atoms with E-state index in [0.29, 0.717) is 6.04 Å². The molecule has 0 radical (unpaired) electrons. The molecule has 0 fully saturated rings. The van der Waals surface area contributed by atoms with Crippen LogP contribution >= 0.6 is 22.6 Å². The van der Waals surface area contributed by atoms with E-state index in [2.05, 4.69) is 47.8 Å². The zero-order chi connectivity index (χ0) is 10.6. The lowest BCUT2D eigenvalue weighted by atomic mass is 10.1. The Morgan fingerprint density at radius 1 is 1.36 bits per heavy atom. The topological polar surface area (TPSA) is 38.0 Å². The van der Waals surface area contributed by atoms with Gasteiger partial charge in [0.1, 0.15) is 0 Å². The number of nitrogen functional groups attached to an aromatic ring is 1. The Morgan fingerprint density at radius 2 is 2.00 bits per heavy atom. The molecule has 14 heavy (non-hydrogen) atoms. The van der Waals surface area contributed by atoms with Crippen molar-refractivity contribution in [1.29, 1.82) is 0 Å². The molecule has 0 heterocycles. The van der Waals surface area contributed by atoms with Gasteiger partial charge in [-0.2, -0.15) is 0 Å². The van der Waals surface area contributed by atoms with E-state index in [0.717, 1.165) is 18.5 Å². The van der Waals surface area contributed by atoms with Gasteiger partial charge >= 0.3 is 0 Å². The molecule has 3 heteroatoms. The molecule has 0 aliphatic carbocycles. The fraction of sp³-hybridized carbons (Fsp3) is 0.455. The highest BCUT2D eigenvalue weighted by atomic mass is 127. The third-order valence-electron chi connectivity index (χ3n) is 2.34. The quantitative estimate of drug-likeness (QED) is 0.660. The number of halogens is 1. The zero-order valence-corrected chi connectivity index (χ0v) is 10.8. The van der Waals surface area contributed by atoms with Crippen molar-refractivity contribution < 1.29 is 0 Å². The Hall–Kier alpha value is -0.450. The predicted octanol–water partition coefficient (Wildman–Crippen LogP) is 3.47. The fourth-order valence-corrected chi connectivity index (χ4v) is 2.06. The van der Waals surface area contributed by atoms with Crippen molar-refractivity contribution >= 4 is 34.0 Å². The van der Waals surface area contributed by atoms with Gasteiger partial charge in [-0.25, -0.2) is 0 Å². The Balaban J connectivity index is 2.76. The van der Waals surface area contributed by atoms with E-state index in [1.54, 1.807) is 0 Å². The summed E-state index contributed by atoms with van der Waals surface area (Å²) in [6, 6.07) is 6.54. The maximum Gasteiger partial charge on any atom is 0.0479 e. The van der Waals surface area contributed by atoms with E-state index in [9.17, 15) is 0 Å². The first-order valence-electron chi connectivity index (χ1n) is 4.99. The van der Waals surface area contributed by atoms with Gasteiger partial charge in [0, 0.05) is 21.0 Å². The second-order valence-electron chi connectivity index (χ2n) is 3.40. The number of nitrogens with two attached hydrogens (primary N) is 1. The van der Waals surface area contributed by atoms with E-state index < -0.39 is 0 Å². The predicted molar refractivity (Wildman–Crippen MR) is 71.6 cm³/mol. The average molecular weight is 304 g/mol. The lowest BCUT2D eigenvalue weighted by molar-refractivity contribution is 0.671. The molecule has 0 atom stereocenters. The number of hydrogen-bond acceptors (Lipinski definition) is 2. The molecule has 0 aliphatic heterocycles. The minimum absolute atomic E-state index is 0.562. The number of rotatable bonds is 4. The van der Waals surface area contributed by atoms with E-state index in [4.69, 9.17) is 5.73 Å². The highest BCUT2D eigenvalue weighted by Crippen LogP contribution is 2.22. The summed E-state index contributed by atoms with van der Waals surface area (Å²) in [5.41, 5.74) is 7.70. The molecule has 0 unspecified atom stereocenters. The summed E-state index contributed by atoms with van der Waals surface area (Å²) in [7, 11) is 0. The molecular weight excluding hydrogens is 287 g/mol. The number of hydrogen-bond donors (Lipinski definition) is 2. The van der Waals surface area contributed by atoms with Crippen LogP contribution in [0.3, 0.4) is 0 Å². The molecular formula is C11H17IN2. The van der Waals surface area contributed by atoms with Crippen LogP contribution < -0.4 is 11.1 Å². The maximum atomic E-state index is 5.69. The summed E-state index contributed by atoms with van der Waals surface area (Å²) in [6.07, 6.45) is 2.30. The Kier molecular flexibility index (Phi) is 4.51. The second-order valence-corrected chi connectivity index (χ2v) is 4.56. The Labute approximate surface area is 99.4 Å². The van der Waals surface area contributed by atoms with Crippen LogP contribution in [0.5, 0.6) is 0 Å². The summed E-state index contributed by atoms with van der Waals surface area (Å²) in [5, 5.41) is 3.51. The molecule has 1 rings (SSSR count). The first-order chi connectivity index (χ1) is 6.67. The van der Waals surface area contributed by atoms with Gasteiger partial charge in [0.2, 0.25) is 0 Å². The van der Waals surface area contributed by atoms with Crippen molar-refractivity contribution in [1.82, 2.24) is 0 Å². The highest BCUT2D eigenvalue weighted by molar-refractivity contribution is 14.1. The van der Waals surface area contributed by atoms with Gasteiger partial charge in [-0.3, -0.25) is 0 Å². The molecule has 0 spiro atoms. The largest absolute Gasteiger partial charge is 0.399 e.